The predicted molar refractivity (Wildman–Crippen MR) is 69.6 cm³/mol. The number of aryl methyl sites for hydroxylation is 1. The van der Waals surface area contributed by atoms with Crippen LogP contribution in [0.25, 0.3) is 11.1 Å². The summed E-state index contributed by atoms with van der Waals surface area (Å²) in [4.78, 5) is 11.5. The molecule has 92 valence electrons. The number of hydrogen-bond donors (Lipinski definition) is 1. The van der Waals surface area contributed by atoms with Crippen LogP contribution in [0.1, 0.15) is 15.9 Å². The molecule has 0 saturated heterocycles. The highest BCUT2D eigenvalue weighted by molar-refractivity contribution is 5.92. The second-order valence-electron chi connectivity index (χ2n) is 4.04. The van der Waals surface area contributed by atoms with E-state index in [0.29, 0.717) is 11.1 Å². The van der Waals surface area contributed by atoms with Crippen molar-refractivity contribution in [3.05, 3.63) is 53.6 Å². The number of aromatic hydroxyl groups is 1. The van der Waals surface area contributed by atoms with Crippen molar-refractivity contribution in [2.75, 3.05) is 7.11 Å². The van der Waals surface area contributed by atoms with Crippen molar-refractivity contribution in [3.63, 3.8) is 0 Å². The zero-order chi connectivity index (χ0) is 13.1. The van der Waals surface area contributed by atoms with Gasteiger partial charge < -0.3 is 9.84 Å². The van der Waals surface area contributed by atoms with Crippen LogP contribution in [-0.2, 0) is 4.74 Å². The van der Waals surface area contributed by atoms with Gasteiger partial charge in [-0.05, 0) is 36.2 Å². The number of benzene rings is 2. The molecule has 2 rings (SSSR count). The average molecular weight is 242 g/mol. The molecule has 0 atom stereocenters. The number of phenolic OH excluding ortho intramolecular Hbond substituents is 1. The molecule has 0 spiro atoms. The molecule has 0 aliphatic heterocycles. The van der Waals surface area contributed by atoms with Crippen LogP contribution >= 0.6 is 0 Å². The van der Waals surface area contributed by atoms with Crippen LogP contribution in [0.3, 0.4) is 0 Å². The van der Waals surface area contributed by atoms with Crippen LogP contribution in [0.15, 0.2) is 42.5 Å². The van der Waals surface area contributed by atoms with Gasteiger partial charge in [0.15, 0.2) is 0 Å². The van der Waals surface area contributed by atoms with E-state index in [0.717, 1.165) is 11.1 Å². The van der Waals surface area contributed by atoms with Gasteiger partial charge in [-0.3, -0.25) is 0 Å². The third-order valence-electron chi connectivity index (χ3n) is 2.85. The molecule has 0 aliphatic carbocycles. The Morgan fingerprint density at radius 1 is 1.11 bits per heavy atom. The Morgan fingerprint density at radius 2 is 1.83 bits per heavy atom. The van der Waals surface area contributed by atoms with Crippen molar-refractivity contribution < 1.29 is 14.6 Å². The first-order valence-electron chi connectivity index (χ1n) is 5.61. The minimum atomic E-state index is -0.412. The Labute approximate surface area is 106 Å². The predicted octanol–water partition coefficient (Wildman–Crippen LogP) is 3.15. The minimum absolute atomic E-state index is 0.150. The zero-order valence-electron chi connectivity index (χ0n) is 10.3. The fraction of sp³-hybridized carbons (Fsp3) is 0.133. The van der Waals surface area contributed by atoms with E-state index in [1.165, 1.54) is 13.2 Å². The quantitative estimate of drug-likeness (QED) is 0.823. The molecule has 1 N–H and O–H groups in total. The standard InChI is InChI=1S/C15H14O3/c1-10-5-3-4-6-12(10)13-9-11(15(17)18-2)7-8-14(13)16/h3-9,16H,1-2H3. The van der Waals surface area contributed by atoms with Gasteiger partial charge >= 0.3 is 5.97 Å². The summed E-state index contributed by atoms with van der Waals surface area (Å²) in [5, 5.41) is 9.92. The molecule has 0 heterocycles. The molecule has 2 aromatic rings. The molecule has 0 bridgehead atoms. The topological polar surface area (TPSA) is 46.5 Å². The molecule has 0 unspecified atom stereocenters. The van der Waals surface area contributed by atoms with Crippen molar-refractivity contribution in [1.82, 2.24) is 0 Å². The number of carbonyl (C=O) groups is 1. The SMILES string of the molecule is COC(=O)c1ccc(O)c(-c2ccccc2C)c1. The maximum Gasteiger partial charge on any atom is 0.337 e. The van der Waals surface area contributed by atoms with Crippen molar-refractivity contribution in [2.24, 2.45) is 0 Å². The summed E-state index contributed by atoms with van der Waals surface area (Å²) in [6.07, 6.45) is 0. The summed E-state index contributed by atoms with van der Waals surface area (Å²) in [7, 11) is 1.34. The van der Waals surface area contributed by atoms with Crippen LogP contribution in [0.5, 0.6) is 5.75 Å². The summed E-state index contributed by atoms with van der Waals surface area (Å²) in [5.74, 6) is -0.262. The summed E-state index contributed by atoms with van der Waals surface area (Å²) < 4.78 is 4.68. The van der Waals surface area contributed by atoms with E-state index >= 15 is 0 Å². The number of phenols is 1. The third-order valence-corrected chi connectivity index (χ3v) is 2.85. The van der Waals surface area contributed by atoms with Crippen LogP contribution < -0.4 is 0 Å². The second-order valence-corrected chi connectivity index (χ2v) is 4.04. The summed E-state index contributed by atoms with van der Waals surface area (Å²) in [6, 6.07) is 12.4. The number of methoxy groups -OCH3 is 1. The van der Waals surface area contributed by atoms with Crippen molar-refractivity contribution in [2.45, 2.75) is 6.92 Å². The van der Waals surface area contributed by atoms with Crippen LogP contribution in [0, 0.1) is 6.92 Å². The van der Waals surface area contributed by atoms with Crippen molar-refractivity contribution in [1.29, 1.82) is 0 Å². The summed E-state index contributed by atoms with van der Waals surface area (Å²) >= 11 is 0. The smallest absolute Gasteiger partial charge is 0.337 e. The maximum atomic E-state index is 11.5. The van der Waals surface area contributed by atoms with Gasteiger partial charge in [0.1, 0.15) is 5.75 Å². The molecule has 18 heavy (non-hydrogen) atoms. The Morgan fingerprint density at radius 3 is 2.50 bits per heavy atom. The van der Waals surface area contributed by atoms with Gasteiger partial charge in [-0.1, -0.05) is 24.3 Å². The molecule has 3 nitrogen and oxygen atoms in total. The van der Waals surface area contributed by atoms with Crippen molar-refractivity contribution in [3.8, 4) is 16.9 Å². The van der Waals surface area contributed by atoms with Gasteiger partial charge in [0.25, 0.3) is 0 Å². The molecular formula is C15H14O3. The number of rotatable bonds is 2. The highest BCUT2D eigenvalue weighted by atomic mass is 16.5. The Hall–Kier alpha value is -2.29. The van der Waals surface area contributed by atoms with Crippen molar-refractivity contribution >= 4 is 5.97 Å². The lowest BCUT2D eigenvalue weighted by atomic mass is 9.98. The monoisotopic (exact) mass is 242 g/mol. The van der Waals surface area contributed by atoms with Gasteiger partial charge in [-0.25, -0.2) is 4.79 Å². The lowest BCUT2D eigenvalue weighted by Crippen LogP contribution is -2.01. The second kappa shape index (κ2) is 4.92. The van der Waals surface area contributed by atoms with E-state index in [9.17, 15) is 9.90 Å². The van der Waals surface area contributed by atoms with Gasteiger partial charge in [-0.2, -0.15) is 0 Å². The normalized spacial score (nSPS) is 10.1. The van der Waals surface area contributed by atoms with E-state index in [2.05, 4.69) is 4.74 Å². The van der Waals surface area contributed by atoms with E-state index < -0.39 is 5.97 Å². The van der Waals surface area contributed by atoms with E-state index in [1.807, 2.05) is 31.2 Å². The Bertz CT molecular complexity index is 588. The van der Waals surface area contributed by atoms with Crippen LogP contribution in [0.4, 0.5) is 0 Å². The first-order chi connectivity index (χ1) is 8.63. The van der Waals surface area contributed by atoms with E-state index in [4.69, 9.17) is 0 Å². The molecule has 0 fully saturated rings. The minimum Gasteiger partial charge on any atom is -0.507 e. The van der Waals surface area contributed by atoms with E-state index in [1.54, 1.807) is 12.1 Å². The fourth-order valence-electron chi connectivity index (χ4n) is 1.87. The Kier molecular flexibility index (Phi) is 3.33. The number of hydrogen-bond acceptors (Lipinski definition) is 3. The largest absolute Gasteiger partial charge is 0.507 e. The lowest BCUT2D eigenvalue weighted by molar-refractivity contribution is 0.0601. The fourth-order valence-corrected chi connectivity index (χ4v) is 1.87. The lowest BCUT2D eigenvalue weighted by Gasteiger charge is -2.09. The number of esters is 1. The molecule has 0 radical (unpaired) electrons. The van der Waals surface area contributed by atoms with Crippen LogP contribution in [-0.4, -0.2) is 18.2 Å². The third kappa shape index (κ3) is 2.20. The zero-order valence-corrected chi connectivity index (χ0v) is 10.3. The summed E-state index contributed by atoms with van der Waals surface area (Å²) in [6.45, 7) is 1.96. The first-order valence-corrected chi connectivity index (χ1v) is 5.61. The van der Waals surface area contributed by atoms with Gasteiger partial charge in [0, 0.05) is 5.56 Å². The molecule has 0 aliphatic rings. The molecular weight excluding hydrogens is 228 g/mol. The molecule has 3 heteroatoms. The van der Waals surface area contributed by atoms with Gasteiger partial charge in [0.2, 0.25) is 0 Å². The average Bonchev–Trinajstić information content (AvgIpc) is 2.39. The number of ether oxygens (including phenoxy) is 1. The van der Waals surface area contributed by atoms with Gasteiger partial charge in [-0.15, -0.1) is 0 Å². The van der Waals surface area contributed by atoms with Gasteiger partial charge in [0.05, 0.1) is 12.7 Å². The molecule has 0 amide bonds. The molecule has 0 saturated carbocycles. The highest BCUT2D eigenvalue weighted by Crippen LogP contribution is 2.32. The van der Waals surface area contributed by atoms with E-state index in [-0.39, 0.29) is 5.75 Å². The van der Waals surface area contributed by atoms with Crippen LogP contribution in [0.2, 0.25) is 0 Å². The molecule has 0 aromatic heterocycles. The summed E-state index contributed by atoms with van der Waals surface area (Å²) in [5.41, 5.74) is 3.00. The maximum absolute atomic E-state index is 11.5. The number of carbonyl (C=O) groups excluding carboxylic acids is 1. The first kappa shape index (κ1) is 12.2. The Balaban J connectivity index is 2.57. The highest BCUT2D eigenvalue weighted by Gasteiger charge is 2.11. The molecule has 2 aromatic carbocycles.